The summed E-state index contributed by atoms with van der Waals surface area (Å²) in [5, 5.41) is 30.1. The molecule has 5 heteroatoms. The van der Waals surface area contributed by atoms with E-state index in [1.54, 1.807) is 0 Å². The summed E-state index contributed by atoms with van der Waals surface area (Å²) in [5.74, 6) is 1.61. The lowest BCUT2D eigenvalue weighted by Crippen LogP contribution is -2.47. The van der Waals surface area contributed by atoms with Crippen LogP contribution in [0, 0.1) is 6.92 Å². The number of fused-ring (bicyclic) bond motifs is 1. The molecule has 0 radical (unpaired) electrons. The molecule has 31 heavy (non-hydrogen) atoms. The SMILES string of the molecule is Cc1c(Cc2ccc(C3CC3)cc2)cc(C2CC(O)[C@H](O)C(CO)O2)c2c1CC(C)O2. The lowest BCUT2D eigenvalue weighted by molar-refractivity contribution is -0.181. The average molecular weight is 425 g/mol. The highest BCUT2D eigenvalue weighted by Gasteiger charge is 2.39. The van der Waals surface area contributed by atoms with Gasteiger partial charge >= 0.3 is 0 Å². The van der Waals surface area contributed by atoms with Gasteiger partial charge in [-0.2, -0.15) is 0 Å². The van der Waals surface area contributed by atoms with E-state index in [-0.39, 0.29) is 19.1 Å². The van der Waals surface area contributed by atoms with Gasteiger partial charge in [0.15, 0.2) is 0 Å². The topological polar surface area (TPSA) is 79.2 Å². The van der Waals surface area contributed by atoms with Crippen molar-refractivity contribution >= 4 is 0 Å². The predicted molar refractivity (Wildman–Crippen MR) is 118 cm³/mol. The van der Waals surface area contributed by atoms with E-state index in [1.807, 2.05) is 0 Å². The van der Waals surface area contributed by atoms with Gasteiger partial charge in [-0.05, 0) is 67.3 Å². The predicted octanol–water partition coefficient (Wildman–Crippen LogP) is 3.33. The summed E-state index contributed by atoms with van der Waals surface area (Å²) in [6.07, 6.45) is 1.41. The van der Waals surface area contributed by atoms with Crippen LogP contribution in [0.5, 0.6) is 5.75 Å². The van der Waals surface area contributed by atoms with Gasteiger partial charge in [0.05, 0.1) is 18.8 Å². The first-order valence-corrected chi connectivity index (χ1v) is 11.5. The number of hydrogen-bond acceptors (Lipinski definition) is 5. The Morgan fingerprint density at radius 2 is 1.84 bits per heavy atom. The van der Waals surface area contributed by atoms with Crippen LogP contribution in [-0.2, 0) is 17.6 Å². The Hall–Kier alpha value is -1.92. The third-order valence-electron chi connectivity index (χ3n) is 7.13. The fraction of sp³-hybridized carbons (Fsp3) is 0.538. The van der Waals surface area contributed by atoms with Crippen LogP contribution in [-0.4, -0.2) is 46.3 Å². The first-order valence-electron chi connectivity index (χ1n) is 11.5. The molecule has 5 rings (SSSR count). The third kappa shape index (κ3) is 4.00. The van der Waals surface area contributed by atoms with E-state index in [4.69, 9.17) is 9.47 Å². The normalized spacial score (nSPS) is 30.2. The largest absolute Gasteiger partial charge is 0.490 e. The highest BCUT2D eigenvalue weighted by Crippen LogP contribution is 2.44. The molecule has 0 aromatic heterocycles. The Labute approximate surface area is 183 Å². The number of aliphatic hydroxyl groups is 3. The first kappa shape index (κ1) is 21.0. The van der Waals surface area contributed by atoms with Gasteiger partial charge in [0, 0.05) is 24.0 Å². The summed E-state index contributed by atoms with van der Waals surface area (Å²) in [6.45, 7) is 3.89. The van der Waals surface area contributed by atoms with Crippen molar-refractivity contribution in [3.05, 3.63) is 63.7 Å². The van der Waals surface area contributed by atoms with Crippen molar-refractivity contribution in [1.29, 1.82) is 0 Å². The second kappa shape index (κ2) is 8.21. The smallest absolute Gasteiger partial charge is 0.129 e. The van der Waals surface area contributed by atoms with E-state index >= 15 is 0 Å². The lowest BCUT2D eigenvalue weighted by Gasteiger charge is -2.37. The van der Waals surface area contributed by atoms with Crippen LogP contribution < -0.4 is 4.74 Å². The molecule has 1 saturated carbocycles. The van der Waals surface area contributed by atoms with Crippen molar-refractivity contribution in [2.45, 2.75) is 82.4 Å². The van der Waals surface area contributed by atoms with Crippen molar-refractivity contribution in [1.82, 2.24) is 0 Å². The minimum absolute atomic E-state index is 0.0910. The summed E-state index contributed by atoms with van der Waals surface area (Å²) in [6, 6.07) is 11.1. The van der Waals surface area contributed by atoms with Crippen LogP contribution in [0.4, 0.5) is 0 Å². The Morgan fingerprint density at radius 1 is 1.10 bits per heavy atom. The molecule has 3 aliphatic rings. The zero-order chi connectivity index (χ0) is 21.7. The summed E-state index contributed by atoms with van der Waals surface area (Å²) in [4.78, 5) is 0. The van der Waals surface area contributed by atoms with Gasteiger partial charge in [-0.1, -0.05) is 24.3 Å². The Morgan fingerprint density at radius 3 is 2.52 bits per heavy atom. The van der Waals surface area contributed by atoms with Crippen molar-refractivity contribution in [2.75, 3.05) is 6.61 Å². The molecule has 3 N–H and O–H groups in total. The lowest BCUT2D eigenvalue weighted by atomic mass is 9.87. The van der Waals surface area contributed by atoms with E-state index in [0.717, 1.165) is 30.1 Å². The van der Waals surface area contributed by atoms with Crippen molar-refractivity contribution in [3.63, 3.8) is 0 Å². The molecule has 2 aliphatic heterocycles. The zero-order valence-corrected chi connectivity index (χ0v) is 18.3. The Kier molecular flexibility index (Phi) is 5.55. The highest BCUT2D eigenvalue weighted by molar-refractivity contribution is 5.54. The molecular weight excluding hydrogens is 392 g/mol. The maximum absolute atomic E-state index is 10.4. The zero-order valence-electron chi connectivity index (χ0n) is 18.3. The molecule has 2 aromatic carbocycles. The fourth-order valence-electron chi connectivity index (χ4n) is 5.09. The number of hydrogen-bond donors (Lipinski definition) is 3. The molecule has 2 fully saturated rings. The van der Waals surface area contributed by atoms with Gasteiger partial charge in [-0.25, -0.2) is 0 Å². The Balaban J connectivity index is 1.48. The summed E-state index contributed by atoms with van der Waals surface area (Å²) in [5.41, 5.74) is 7.33. The summed E-state index contributed by atoms with van der Waals surface area (Å²) in [7, 11) is 0. The molecule has 1 aliphatic carbocycles. The number of benzene rings is 2. The van der Waals surface area contributed by atoms with Gasteiger partial charge in [0.25, 0.3) is 0 Å². The quantitative estimate of drug-likeness (QED) is 0.686. The molecule has 2 heterocycles. The van der Waals surface area contributed by atoms with Gasteiger partial charge in [0.1, 0.15) is 24.1 Å². The van der Waals surface area contributed by atoms with E-state index in [9.17, 15) is 15.3 Å². The van der Waals surface area contributed by atoms with E-state index in [0.29, 0.717) is 0 Å². The monoisotopic (exact) mass is 424 g/mol. The van der Waals surface area contributed by atoms with Crippen molar-refractivity contribution in [3.8, 4) is 5.75 Å². The molecule has 0 bridgehead atoms. The number of rotatable bonds is 5. The molecule has 1 saturated heterocycles. The third-order valence-corrected chi connectivity index (χ3v) is 7.13. The van der Waals surface area contributed by atoms with E-state index in [2.05, 4.69) is 44.2 Å². The minimum Gasteiger partial charge on any atom is -0.490 e. The van der Waals surface area contributed by atoms with Crippen LogP contribution in [0.1, 0.15) is 71.6 Å². The number of ether oxygens (including phenoxy) is 2. The molecule has 0 amide bonds. The van der Waals surface area contributed by atoms with Gasteiger partial charge in [0.2, 0.25) is 0 Å². The molecule has 2 aromatic rings. The fourth-order valence-corrected chi connectivity index (χ4v) is 5.09. The molecule has 0 spiro atoms. The van der Waals surface area contributed by atoms with Crippen LogP contribution in [0.25, 0.3) is 0 Å². The van der Waals surface area contributed by atoms with Gasteiger partial charge < -0.3 is 24.8 Å². The summed E-state index contributed by atoms with van der Waals surface area (Å²) >= 11 is 0. The molecule has 166 valence electrons. The first-order chi connectivity index (χ1) is 14.9. The second-order valence-corrected chi connectivity index (χ2v) is 9.52. The van der Waals surface area contributed by atoms with Crippen molar-refractivity contribution < 1.29 is 24.8 Å². The summed E-state index contributed by atoms with van der Waals surface area (Å²) < 4.78 is 12.2. The maximum atomic E-state index is 10.4. The van der Waals surface area contributed by atoms with Crippen molar-refractivity contribution in [2.24, 2.45) is 0 Å². The van der Waals surface area contributed by atoms with Crippen LogP contribution in [0.15, 0.2) is 30.3 Å². The minimum atomic E-state index is -1.08. The second-order valence-electron chi connectivity index (χ2n) is 9.52. The molecular formula is C26H32O5. The van der Waals surface area contributed by atoms with Gasteiger partial charge in [-0.3, -0.25) is 0 Å². The molecule has 4 unspecified atom stereocenters. The molecule has 5 atom stereocenters. The molecule has 5 nitrogen and oxygen atoms in total. The highest BCUT2D eigenvalue weighted by atomic mass is 16.5. The Bertz CT molecular complexity index is 949. The van der Waals surface area contributed by atoms with E-state index in [1.165, 1.54) is 40.7 Å². The van der Waals surface area contributed by atoms with Gasteiger partial charge in [-0.15, -0.1) is 0 Å². The maximum Gasteiger partial charge on any atom is 0.129 e. The standard InChI is InChI=1S/C26H32O5/c1-14-9-20-15(2)19(10-16-3-5-17(6-4-16)18-7-8-18)11-21(26(20)30-14)23-12-22(28)25(29)24(13-27)31-23/h3-6,11,14,18,22-25,27-29H,7-10,12-13H2,1-2H3/t14?,22?,23?,24?,25-/m0/s1. The van der Waals surface area contributed by atoms with Crippen LogP contribution in [0.3, 0.4) is 0 Å². The number of aliphatic hydroxyl groups excluding tert-OH is 3. The van der Waals surface area contributed by atoms with Crippen LogP contribution in [0.2, 0.25) is 0 Å². The average Bonchev–Trinajstić information content (AvgIpc) is 3.53. The van der Waals surface area contributed by atoms with Crippen LogP contribution >= 0.6 is 0 Å². The van der Waals surface area contributed by atoms with E-state index < -0.39 is 24.4 Å².